The number of nitrogens with zero attached hydrogens (tertiary/aromatic N) is 1. The first-order valence-corrected chi connectivity index (χ1v) is 8.74. The van der Waals surface area contributed by atoms with Crippen LogP contribution in [-0.4, -0.2) is 10.9 Å². The molecule has 0 saturated heterocycles. The molecule has 3 aromatic rings. The molecule has 4 heteroatoms. The molecule has 1 amide bonds. The average Bonchev–Trinajstić information content (AvgIpc) is 3.05. The summed E-state index contributed by atoms with van der Waals surface area (Å²) in [6, 6.07) is 17.8. The molecule has 0 radical (unpaired) electrons. The highest BCUT2D eigenvalue weighted by molar-refractivity contribution is 7.12. The van der Waals surface area contributed by atoms with Crippen molar-refractivity contribution in [2.75, 3.05) is 5.32 Å². The molecule has 24 heavy (non-hydrogen) atoms. The van der Waals surface area contributed by atoms with Crippen LogP contribution in [0.2, 0.25) is 0 Å². The Bertz CT molecular complexity index is 830. The highest BCUT2D eigenvalue weighted by Gasteiger charge is 2.17. The third-order valence-corrected chi connectivity index (χ3v) is 4.65. The number of hydrogen-bond acceptors (Lipinski definition) is 3. The van der Waals surface area contributed by atoms with Gasteiger partial charge in [0, 0.05) is 11.3 Å². The molecule has 0 bridgehead atoms. The van der Waals surface area contributed by atoms with Crippen LogP contribution in [0.5, 0.6) is 0 Å². The Morgan fingerprint density at radius 3 is 2.29 bits per heavy atom. The van der Waals surface area contributed by atoms with Crippen LogP contribution in [0.3, 0.4) is 0 Å². The zero-order valence-electron chi connectivity index (χ0n) is 14.0. The summed E-state index contributed by atoms with van der Waals surface area (Å²) < 4.78 is 0. The molecule has 3 nitrogen and oxygen atoms in total. The van der Waals surface area contributed by atoms with Gasteiger partial charge in [0.05, 0.1) is 11.2 Å². The van der Waals surface area contributed by atoms with E-state index >= 15 is 0 Å². The first-order chi connectivity index (χ1) is 11.4. The second-order valence-electron chi connectivity index (χ2n) is 6.68. The number of carbonyl (C=O) groups excluding carboxylic acids is 1. The van der Waals surface area contributed by atoms with Gasteiger partial charge in [0.15, 0.2) is 0 Å². The van der Waals surface area contributed by atoms with Gasteiger partial charge < -0.3 is 5.32 Å². The van der Waals surface area contributed by atoms with Gasteiger partial charge in [0.2, 0.25) is 0 Å². The van der Waals surface area contributed by atoms with Crippen molar-refractivity contribution in [3.05, 3.63) is 70.5 Å². The molecule has 0 aliphatic heterocycles. The molecule has 122 valence electrons. The Morgan fingerprint density at radius 1 is 1.00 bits per heavy atom. The highest BCUT2D eigenvalue weighted by atomic mass is 32.1. The third kappa shape index (κ3) is 3.54. The van der Waals surface area contributed by atoms with Gasteiger partial charge >= 0.3 is 0 Å². The Labute approximate surface area is 146 Å². The van der Waals surface area contributed by atoms with E-state index in [1.807, 2.05) is 42.5 Å². The number of benzene rings is 2. The molecular formula is C20H20N2OS. The second-order valence-corrected chi connectivity index (χ2v) is 7.53. The Hall–Kier alpha value is -2.46. The highest BCUT2D eigenvalue weighted by Crippen LogP contribution is 2.27. The second kappa shape index (κ2) is 6.57. The maximum absolute atomic E-state index is 12.6. The predicted molar refractivity (Wildman–Crippen MR) is 101 cm³/mol. The average molecular weight is 336 g/mol. The van der Waals surface area contributed by atoms with E-state index < -0.39 is 0 Å². The van der Waals surface area contributed by atoms with Gasteiger partial charge in [-0.1, -0.05) is 63.2 Å². The number of amides is 1. The molecule has 0 aliphatic rings. The lowest BCUT2D eigenvalue weighted by Crippen LogP contribution is -2.13. The number of nitrogens with one attached hydrogen (secondary N) is 1. The molecule has 0 unspecified atom stereocenters. The zero-order valence-corrected chi connectivity index (χ0v) is 14.9. The fourth-order valence-corrected chi connectivity index (χ4v) is 3.15. The summed E-state index contributed by atoms with van der Waals surface area (Å²) >= 11 is 1.36. The van der Waals surface area contributed by atoms with Gasteiger partial charge in [-0.15, -0.1) is 11.3 Å². The van der Waals surface area contributed by atoms with Crippen LogP contribution < -0.4 is 5.32 Å². The van der Waals surface area contributed by atoms with E-state index in [-0.39, 0.29) is 11.3 Å². The molecule has 0 atom stereocenters. The molecule has 0 saturated carbocycles. The van der Waals surface area contributed by atoms with Crippen LogP contribution in [0.1, 0.15) is 36.0 Å². The lowest BCUT2D eigenvalue weighted by molar-refractivity contribution is 0.103. The number of carbonyl (C=O) groups is 1. The summed E-state index contributed by atoms with van der Waals surface area (Å²) in [6.45, 7) is 6.51. The number of rotatable bonds is 3. The van der Waals surface area contributed by atoms with E-state index in [1.54, 1.807) is 5.51 Å². The lowest BCUT2D eigenvalue weighted by Gasteiger charge is -2.19. The lowest BCUT2D eigenvalue weighted by atomic mass is 9.87. The van der Waals surface area contributed by atoms with Gasteiger partial charge in [-0.2, -0.15) is 0 Å². The molecule has 0 fully saturated rings. The monoisotopic (exact) mass is 336 g/mol. The molecule has 3 rings (SSSR count). The summed E-state index contributed by atoms with van der Waals surface area (Å²) in [5, 5.41) is 2.96. The molecular weight excluding hydrogens is 316 g/mol. The van der Waals surface area contributed by atoms with Crippen molar-refractivity contribution < 1.29 is 4.79 Å². The largest absolute Gasteiger partial charge is 0.321 e. The van der Waals surface area contributed by atoms with Crippen LogP contribution >= 0.6 is 11.3 Å². The Kier molecular flexibility index (Phi) is 4.49. The standard InChI is InChI=1S/C20H20N2OS/c1-20(2,3)15-9-11-16(12-10-15)22-19(23)18-17(21-13-24-18)14-7-5-4-6-8-14/h4-13H,1-3H3,(H,22,23). The van der Waals surface area contributed by atoms with Crippen molar-refractivity contribution in [2.24, 2.45) is 0 Å². The van der Waals surface area contributed by atoms with Crippen LogP contribution in [-0.2, 0) is 5.41 Å². The summed E-state index contributed by atoms with van der Waals surface area (Å²) in [4.78, 5) is 17.6. The van der Waals surface area contributed by atoms with Crippen LogP contribution in [0, 0.1) is 0 Å². The normalized spacial score (nSPS) is 11.3. The van der Waals surface area contributed by atoms with Gasteiger partial charge in [0.1, 0.15) is 4.88 Å². The van der Waals surface area contributed by atoms with Crippen molar-refractivity contribution >= 4 is 22.9 Å². The van der Waals surface area contributed by atoms with E-state index in [2.05, 4.69) is 43.2 Å². The van der Waals surface area contributed by atoms with E-state index in [9.17, 15) is 4.79 Å². The molecule has 2 aromatic carbocycles. The smallest absolute Gasteiger partial charge is 0.268 e. The molecule has 1 N–H and O–H groups in total. The summed E-state index contributed by atoms with van der Waals surface area (Å²) in [5.74, 6) is -0.125. The van der Waals surface area contributed by atoms with Gasteiger partial charge in [-0.3, -0.25) is 4.79 Å². The minimum Gasteiger partial charge on any atom is -0.321 e. The first-order valence-electron chi connectivity index (χ1n) is 7.86. The third-order valence-electron chi connectivity index (χ3n) is 3.83. The van der Waals surface area contributed by atoms with E-state index in [0.717, 1.165) is 16.9 Å². The molecule has 1 aromatic heterocycles. The number of aromatic nitrogens is 1. The summed E-state index contributed by atoms with van der Waals surface area (Å²) in [5.41, 5.74) is 5.51. The number of thiazole rings is 1. The first kappa shape index (κ1) is 16.4. The maximum Gasteiger partial charge on any atom is 0.268 e. The predicted octanol–water partition coefficient (Wildman–Crippen LogP) is 5.36. The topological polar surface area (TPSA) is 42.0 Å². The van der Waals surface area contributed by atoms with Gasteiger partial charge in [0.25, 0.3) is 5.91 Å². The minimum absolute atomic E-state index is 0.0979. The summed E-state index contributed by atoms with van der Waals surface area (Å²) in [7, 11) is 0. The van der Waals surface area contributed by atoms with E-state index in [1.165, 1.54) is 16.9 Å². The van der Waals surface area contributed by atoms with Crippen molar-refractivity contribution in [3.63, 3.8) is 0 Å². The molecule has 0 spiro atoms. The van der Waals surface area contributed by atoms with Crippen molar-refractivity contribution in [3.8, 4) is 11.3 Å². The minimum atomic E-state index is -0.125. The van der Waals surface area contributed by atoms with Crippen molar-refractivity contribution in [1.82, 2.24) is 4.98 Å². The van der Waals surface area contributed by atoms with Crippen molar-refractivity contribution in [1.29, 1.82) is 0 Å². The van der Waals surface area contributed by atoms with Gasteiger partial charge in [-0.05, 0) is 23.1 Å². The number of hydrogen-bond donors (Lipinski definition) is 1. The van der Waals surface area contributed by atoms with E-state index in [4.69, 9.17) is 0 Å². The SMILES string of the molecule is CC(C)(C)c1ccc(NC(=O)c2scnc2-c2ccccc2)cc1. The van der Waals surface area contributed by atoms with Crippen molar-refractivity contribution in [2.45, 2.75) is 26.2 Å². The van der Waals surface area contributed by atoms with Crippen LogP contribution in [0.4, 0.5) is 5.69 Å². The Balaban J connectivity index is 1.80. The van der Waals surface area contributed by atoms with Crippen LogP contribution in [0.15, 0.2) is 60.1 Å². The summed E-state index contributed by atoms with van der Waals surface area (Å²) in [6.07, 6.45) is 0. The molecule has 1 heterocycles. The van der Waals surface area contributed by atoms with E-state index in [0.29, 0.717) is 4.88 Å². The molecule has 0 aliphatic carbocycles. The fourth-order valence-electron chi connectivity index (χ4n) is 2.45. The number of anilines is 1. The maximum atomic E-state index is 12.6. The zero-order chi connectivity index (χ0) is 17.2. The quantitative estimate of drug-likeness (QED) is 0.699. The van der Waals surface area contributed by atoms with Gasteiger partial charge in [-0.25, -0.2) is 4.98 Å². The Morgan fingerprint density at radius 2 is 1.67 bits per heavy atom. The van der Waals surface area contributed by atoms with Crippen LogP contribution in [0.25, 0.3) is 11.3 Å². The fraction of sp³-hybridized carbons (Fsp3) is 0.200.